The van der Waals surface area contributed by atoms with Gasteiger partial charge >= 0.3 is 0 Å². The summed E-state index contributed by atoms with van der Waals surface area (Å²) in [6.45, 7) is 5.20. The highest BCUT2D eigenvalue weighted by molar-refractivity contribution is 8.00. The lowest BCUT2D eigenvalue weighted by atomic mass is 10.1. The topological polar surface area (TPSA) is 80.9 Å². The highest BCUT2D eigenvalue weighted by Gasteiger charge is 2.06. The van der Waals surface area contributed by atoms with E-state index in [0.29, 0.717) is 11.5 Å². The normalized spacial score (nSPS) is 10.8. The van der Waals surface area contributed by atoms with Gasteiger partial charge in [-0.15, -0.1) is 10.2 Å². The maximum atomic E-state index is 11.0. The first-order valence-corrected chi connectivity index (χ1v) is 8.43. The van der Waals surface area contributed by atoms with Crippen molar-refractivity contribution in [3.8, 4) is 0 Å². The van der Waals surface area contributed by atoms with Crippen LogP contribution in [-0.2, 0) is 5.75 Å². The van der Waals surface area contributed by atoms with Crippen LogP contribution in [0.1, 0.15) is 29.8 Å². The summed E-state index contributed by atoms with van der Waals surface area (Å²) >= 11 is 3.19. The molecule has 0 radical (unpaired) electrons. The molecule has 3 N–H and O–H groups in total. The summed E-state index contributed by atoms with van der Waals surface area (Å²) in [5.74, 6) is 0.964. The van der Waals surface area contributed by atoms with Crippen molar-refractivity contribution in [2.75, 3.05) is 11.9 Å². The monoisotopic (exact) mass is 322 g/mol. The highest BCUT2D eigenvalue weighted by atomic mass is 32.2. The number of anilines is 1. The van der Waals surface area contributed by atoms with Crippen molar-refractivity contribution in [2.24, 2.45) is 11.7 Å². The number of primary amides is 1. The minimum atomic E-state index is -0.404. The molecule has 5 nitrogen and oxygen atoms in total. The highest BCUT2D eigenvalue weighted by Crippen LogP contribution is 2.28. The van der Waals surface area contributed by atoms with Gasteiger partial charge in [-0.2, -0.15) is 0 Å². The molecule has 0 atom stereocenters. The van der Waals surface area contributed by atoms with E-state index in [4.69, 9.17) is 5.73 Å². The number of amides is 1. The van der Waals surface area contributed by atoms with Crippen LogP contribution < -0.4 is 11.1 Å². The summed E-state index contributed by atoms with van der Waals surface area (Å²) in [6, 6.07) is 7.31. The van der Waals surface area contributed by atoms with Crippen LogP contribution in [0.25, 0.3) is 0 Å². The van der Waals surface area contributed by atoms with Gasteiger partial charge in [0.15, 0.2) is 4.34 Å². The summed E-state index contributed by atoms with van der Waals surface area (Å²) in [4.78, 5) is 11.0. The number of nitrogens with zero attached hydrogens (tertiary/aromatic N) is 2. The predicted molar refractivity (Wildman–Crippen MR) is 87.8 cm³/mol. The van der Waals surface area contributed by atoms with Crippen LogP contribution in [0.3, 0.4) is 0 Å². The molecule has 2 rings (SSSR count). The molecular formula is C14H18N4OS2. The van der Waals surface area contributed by atoms with Gasteiger partial charge in [0.1, 0.15) is 0 Å². The number of benzene rings is 1. The van der Waals surface area contributed by atoms with E-state index in [1.807, 2.05) is 12.1 Å². The van der Waals surface area contributed by atoms with E-state index < -0.39 is 5.91 Å². The molecular weight excluding hydrogens is 304 g/mol. The Hall–Kier alpha value is -1.60. The van der Waals surface area contributed by atoms with Gasteiger partial charge in [0.2, 0.25) is 11.0 Å². The lowest BCUT2D eigenvalue weighted by molar-refractivity contribution is 0.100. The molecule has 0 aliphatic rings. The zero-order valence-corrected chi connectivity index (χ0v) is 13.6. The number of hydrogen-bond acceptors (Lipinski definition) is 6. The minimum Gasteiger partial charge on any atom is -0.366 e. The van der Waals surface area contributed by atoms with Gasteiger partial charge in [-0.25, -0.2) is 0 Å². The fourth-order valence-corrected chi connectivity index (χ4v) is 3.26. The van der Waals surface area contributed by atoms with Crippen LogP contribution >= 0.6 is 23.1 Å². The summed E-state index contributed by atoms with van der Waals surface area (Å²) in [6.07, 6.45) is 0. The van der Waals surface area contributed by atoms with Crippen LogP contribution in [0.4, 0.5) is 5.13 Å². The van der Waals surface area contributed by atoms with Gasteiger partial charge < -0.3 is 11.1 Å². The van der Waals surface area contributed by atoms with Gasteiger partial charge in [0.25, 0.3) is 0 Å². The van der Waals surface area contributed by atoms with E-state index in [9.17, 15) is 4.79 Å². The summed E-state index contributed by atoms with van der Waals surface area (Å²) in [7, 11) is 0. The average molecular weight is 322 g/mol. The van der Waals surface area contributed by atoms with Crippen molar-refractivity contribution < 1.29 is 4.79 Å². The first kappa shape index (κ1) is 15.8. The van der Waals surface area contributed by atoms with Gasteiger partial charge in [0.05, 0.1) is 0 Å². The quantitative estimate of drug-likeness (QED) is 0.766. The third kappa shape index (κ3) is 5.02. The molecule has 1 aromatic carbocycles. The Kier molecular flexibility index (Phi) is 5.58. The molecule has 1 aromatic heterocycles. The third-order valence-corrected chi connectivity index (χ3v) is 4.75. The number of carbonyl (C=O) groups excluding carboxylic acids is 1. The van der Waals surface area contributed by atoms with Crippen molar-refractivity contribution in [2.45, 2.75) is 23.9 Å². The molecule has 0 unspecified atom stereocenters. The van der Waals surface area contributed by atoms with Gasteiger partial charge in [-0.1, -0.05) is 49.1 Å². The zero-order valence-electron chi connectivity index (χ0n) is 12.0. The Bertz CT molecular complexity index is 595. The molecule has 0 saturated heterocycles. The van der Waals surface area contributed by atoms with Gasteiger partial charge in [-0.05, 0) is 23.6 Å². The summed E-state index contributed by atoms with van der Waals surface area (Å²) < 4.78 is 0.931. The molecule has 112 valence electrons. The summed E-state index contributed by atoms with van der Waals surface area (Å²) in [5, 5.41) is 12.4. The molecule has 1 amide bonds. The largest absolute Gasteiger partial charge is 0.366 e. The van der Waals surface area contributed by atoms with E-state index in [1.165, 1.54) is 0 Å². The number of rotatable bonds is 7. The first-order valence-electron chi connectivity index (χ1n) is 6.63. The van der Waals surface area contributed by atoms with Crippen molar-refractivity contribution >= 4 is 34.1 Å². The SMILES string of the molecule is CC(C)CNc1nnc(SCc2ccc(C(N)=O)cc2)s1. The lowest BCUT2D eigenvalue weighted by Crippen LogP contribution is -2.10. The third-order valence-electron chi connectivity index (χ3n) is 2.67. The van der Waals surface area contributed by atoms with Gasteiger partial charge in [-0.3, -0.25) is 4.79 Å². The smallest absolute Gasteiger partial charge is 0.248 e. The molecule has 21 heavy (non-hydrogen) atoms. The van der Waals surface area contributed by atoms with Gasteiger partial charge in [0, 0.05) is 17.9 Å². The Morgan fingerprint density at radius 2 is 2.05 bits per heavy atom. The summed E-state index contributed by atoms with van der Waals surface area (Å²) in [5.41, 5.74) is 6.86. The fraction of sp³-hybridized carbons (Fsp3) is 0.357. The molecule has 0 aliphatic carbocycles. The zero-order chi connectivity index (χ0) is 15.2. The van der Waals surface area contributed by atoms with Crippen LogP contribution in [0, 0.1) is 5.92 Å². The number of nitrogens with two attached hydrogens (primary N) is 1. The number of nitrogens with one attached hydrogen (secondary N) is 1. The Morgan fingerprint density at radius 3 is 2.67 bits per heavy atom. The van der Waals surface area contributed by atoms with Crippen molar-refractivity contribution in [1.29, 1.82) is 0 Å². The Balaban J connectivity index is 1.86. The van der Waals surface area contributed by atoms with E-state index in [1.54, 1.807) is 35.2 Å². The second kappa shape index (κ2) is 7.42. The molecule has 0 saturated carbocycles. The molecule has 0 fully saturated rings. The number of hydrogen-bond donors (Lipinski definition) is 2. The number of thioether (sulfide) groups is 1. The van der Waals surface area contributed by atoms with Crippen molar-refractivity contribution in [3.63, 3.8) is 0 Å². The van der Waals surface area contributed by atoms with Crippen LogP contribution in [-0.4, -0.2) is 22.6 Å². The van der Waals surface area contributed by atoms with Crippen LogP contribution in [0.2, 0.25) is 0 Å². The maximum absolute atomic E-state index is 11.0. The second-order valence-corrected chi connectivity index (χ2v) is 7.20. The maximum Gasteiger partial charge on any atom is 0.248 e. The molecule has 7 heteroatoms. The molecule has 1 heterocycles. The van der Waals surface area contributed by atoms with E-state index in [-0.39, 0.29) is 0 Å². The fourth-order valence-electron chi connectivity index (χ4n) is 1.54. The molecule has 0 spiro atoms. The Labute approximate surface area is 132 Å². The lowest BCUT2D eigenvalue weighted by Gasteiger charge is -2.03. The average Bonchev–Trinajstić information content (AvgIpc) is 2.91. The van der Waals surface area contributed by atoms with E-state index in [0.717, 1.165) is 27.3 Å². The second-order valence-electron chi connectivity index (χ2n) is 5.00. The number of aromatic nitrogens is 2. The first-order chi connectivity index (χ1) is 10.0. The molecule has 2 aromatic rings. The van der Waals surface area contributed by atoms with Crippen LogP contribution in [0.5, 0.6) is 0 Å². The van der Waals surface area contributed by atoms with E-state index in [2.05, 4.69) is 29.4 Å². The van der Waals surface area contributed by atoms with Crippen LogP contribution in [0.15, 0.2) is 28.6 Å². The van der Waals surface area contributed by atoms with Crippen molar-refractivity contribution in [1.82, 2.24) is 10.2 Å². The van der Waals surface area contributed by atoms with E-state index >= 15 is 0 Å². The minimum absolute atomic E-state index is 0.404. The molecule has 0 aliphatic heterocycles. The molecule has 0 bridgehead atoms. The van der Waals surface area contributed by atoms with Crippen molar-refractivity contribution in [3.05, 3.63) is 35.4 Å². The number of carbonyl (C=O) groups is 1. The standard InChI is InChI=1S/C14H18N4OS2/c1-9(2)7-16-13-17-18-14(21-13)20-8-10-3-5-11(6-4-10)12(15)19/h3-6,9H,7-8H2,1-2H3,(H2,15,19)(H,16,17). The Morgan fingerprint density at radius 1 is 1.33 bits per heavy atom. The predicted octanol–water partition coefficient (Wildman–Crippen LogP) is 3.00.